The molecule has 0 aliphatic heterocycles. The number of nitrogens with two attached hydrogens (primary N) is 1. The Morgan fingerprint density at radius 2 is 1.72 bits per heavy atom. The van der Waals surface area contributed by atoms with E-state index < -0.39 is 28.5 Å². The van der Waals surface area contributed by atoms with Crippen LogP contribution in [0, 0.1) is 13.8 Å². The molecule has 0 bridgehead atoms. The second kappa shape index (κ2) is 7.35. The van der Waals surface area contributed by atoms with Gasteiger partial charge in [0.1, 0.15) is 0 Å². The van der Waals surface area contributed by atoms with Crippen LogP contribution in [0.1, 0.15) is 21.5 Å². The number of carbonyl (C=O) groups excluding carboxylic acids is 2. The zero-order chi connectivity index (χ0) is 18.6. The van der Waals surface area contributed by atoms with Crippen molar-refractivity contribution in [3.05, 3.63) is 59.2 Å². The van der Waals surface area contributed by atoms with Crippen molar-refractivity contribution < 1.29 is 22.7 Å². The largest absolute Gasteiger partial charge is 0.452 e. The number of anilines is 1. The highest BCUT2D eigenvalue weighted by Gasteiger charge is 2.20. The minimum atomic E-state index is -3.89. The van der Waals surface area contributed by atoms with Gasteiger partial charge in [0.25, 0.3) is 15.9 Å². The number of amides is 1. The molecule has 0 spiro atoms. The van der Waals surface area contributed by atoms with E-state index in [4.69, 9.17) is 10.5 Å². The molecule has 0 atom stereocenters. The summed E-state index contributed by atoms with van der Waals surface area (Å²) in [7, 11) is -3.89. The molecule has 0 saturated heterocycles. The molecule has 132 valence electrons. The second-order valence-corrected chi connectivity index (χ2v) is 7.15. The number of sulfonamides is 1. The van der Waals surface area contributed by atoms with Gasteiger partial charge in [0, 0.05) is 5.69 Å². The lowest BCUT2D eigenvalue weighted by Crippen LogP contribution is -2.21. The van der Waals surface area contributed by atoms with Crippen LogP contribution in [0.2, 0.25) is 0 Å². The smallest absolute Gasteiger partial charge is 0.338 e. The quantitative estimate of drug-likeness (QED) is 0.760. The van der Waals surface area contributed by atoms with Gasteiger partial charge in [-0.1, -0.05) is 23.8 Å². The third-order valence-electron chi connectivity index (χ3n) is 3.36. The number of aryl methyl sites for hydroxylation is 2. The molecular formula is C17H18N2O5S. The van der Waals surface area contributed by atoms with Crippen molar-refractivity contribution in [1.29, 1.82) is 0 Å². The Labute approximate surface area is 145 Å². The number of benzene rings is 2. The topological polar surface area (TPSA) is 116 Å². The Kier molecular flexibility index (Phi) is 5.43. The molecule has 0 aliphatic rings. The molecule has 0 aliphatic carbocycles. The van der Waals surface area contributed by atoms with E-state index in [1.165, 1.54) is 18.2 Å². The Hall–Kier alpha value is -2.87. The van der Waals surface area contributed by atoms with Crippen molar-refractivity contribution in [1.82, 2.24) is 0 Å². The predicted molar refractivity (Wildman–Crippen MR) is 92.6 cm³/mol. The Bertz CT molecular complexity index is 905. The molecular weight excluding hydrogens is 344 g/mol. The van der Waals surface area contributed by atoms with Gasteiger partial charge >= 0.3 is 5.97 Å². The number of rotatable bonds is 6. The van der Waals surface area contributed by atoms with Crippen molar-refractivity contribution in [2.24, 2.45) is 5.73 Å². The fraction of sp³-hybridized carbons (Fsp3) is 0.176. The zero-order valence-electron chi connectivity index (χ0n) is 13.8. The third kappa shape index (κ3) is 4.80. The van der Waals surface area contributed by atoms with Gasteiger partial charge in [0.15, 0.2) is 6.61 Å². The molecule has 0 saturated carbocycles. The summed E-state index contributed by atoms with van der Waals surface area (Å²) in [5, 5.41) is 0. The lowest BCUT2D eigenvalue weighted by atomic mass is 10.1. The maximum atomic E-state index is 12.6. The van der Waals surface area contributed by atoms with Crippen molar-refractivity contribution in [2.45, 2.75) is 18.7 Å². The molecule has 0 unspecified atom stereocenters. The van der Waals surface area contributed by atoms with Gasteiger partial charge in [-0.2, -0.15) is 0 Å². The number of esters is 1. The van der Waals surface area contributed by atoms with Crippen LogP contribution in [0.4, 0.5) is 5.69 Å². The van der Waals surface area contributed by atoms with Crippen LogP contribution >= 0.6 is 0 Å². The summed E-state index contributed by atoms with van der Waals surface area (Å²) < 4.78 is 32.4. The summed E-state index contributed by atoms with van der Waals surface area (Å²) in [6.45, 7) is 2.93. The monoisotopic (exact) mass is 362 g/mol. The van der Waals surface area contributed by atoms with Crippen LogP contribution in [0.5, 0.6) is 0 Å². The molecule has 7 nitrogen and oxygen atoms in total. The van der Waals surface area contributed by atoms with E-state index in [1.54, 1.807) is 31.2 Å². The minimum absolute atomic E-state index is 0.0103. The molecule has 0 aromatic heterocycles. The van der Waals surface area contributed by atoms with Crippen molar-refractivity contribution >= 4 is 27.6 Å². The maximum absolute atomic E-state index is 12.6. The molecule has 2 aromatic rings. The molecule has 25 heavy (non-hydrogen) atoms. The lowest BCUT2D eigenvalue weighted by Gasteiger charge is -2.12. The highest BCUT2D eigenvalue weighted by Crippen LogP contribution is 2.21. The SMILES string of the molecule is Cc1ccc(NS(=O)(=O)c2cc(C(=O)OCC(N)=O)ccc2C)cc1. The van der Waals surface area contributed by atoms with Crippen LogP contribution in [0.15, 0.2) is 47.4 Å². The first-order chi connectivity index (χ1) is 11.7. The fourth-order valence-electron chi connectivity index (χ4n) is 2.07. The van der Waals surface area contributed by atoms with E-state index in [0.717, 1.165) is 5.56 Å². The van der Waals surface area contributed by atoms with Crippen LogP contribution in [-0.2, 0) is 19.6 Å². The molecule has 0 radical (unpaired) electrons. The maximum Gasteiger partial charge on any atom is 0.338 e. The molecule has 3 N–H and O–H groups in total. The average Bonchev–Trinajstić information content (AvgIpc) is 2.54. The first kappa shape index (κ1) is 18.5. The number of hydrogen-bond donors (Lipinski definition) is 2. The Morgan fingerprint density at radius 1 is 1.08 bits per heavy atom. The highest BCUT2D eigenvalue weighted by atomic mass is 32.2. The summed E-state index contributed by atoms with van der Waals surface area (Å²) >= 11 is 0. The highest BCUT2D eigenvalue weighted by molar-refractivity contribution is 7.92. The van der Waals surface area contributed by atoms with Crippen molar-refractivity contribution in [3.8, 4) is 0 Å². The van der Waals surface area contributed by atoms with E-state index in [0.29, 0.717) is 11.3 Å². The summed E-state index contributed by atoms with van der Waals surface area (Å²) in [6, 6.07) is 11.0. The molecule has 1 amide bonds. The summed E-state index contributed by atoms with van der Waals surface area (Å²) in [6.07, 6.45) is 0. The summed E-state index contributed by atoms with van der Waals surface area (Å²) in [5.41, 5.74) is 6.80. The van der Waals surface area contributed by atoms with E-state index in [1.807, 2.05) is 6.92 Å². The number of hydrogen-bond acceptors (Lipinski definition) is 5. The normalized spacial score (nSPS) is 11.0. The first-order valence-corrected chi connectivity index (χ1v) is 8.83. The minimum Gasteiger partial charge on any atom is -0.452 e. The van der Waals surface area contributed by atoms with Crippen molar-refractivity contribution in [2.75, 3.05) is 11.3 Å². The molecule has 8 heteroatoms. The van der Waals surface area contributed by atoms with Gasteiger partial charge in [-0.25, -0.2) is 13.2 Å². The summed E-state index contributed by atoms with van der Waals surface area (Å²) in [5.74, 6) is -1.63. The van der Waals surface area contributed by atoms with E-state index in [2.05, 4.69) is 4.72 Å². The number of carbonyl (C=O) groups is 2. The van der Waals surface area contributed by atoms with E-state index in [-0.39, 0.29) is 10.5 Å². The van der Waals surface area contributed by atoms with Gasteiger partial charge in [-0.3, -0.25) is 9.52 Å². The third-order valence-corrected chi connectivity index (χ3v) is 4.89. The zero-order valence-corrected chi connectivity index (χ0v) is 14.6. The molecule has 2 rings (SSSR count). The van der Waals surface area contributed by atoms with Gasteiger partial charge in [-0.15, -0.1) is 0 Å². The second-order valence-electron chi connectivity index (χ2n) is 5.49. The average molecular weight is 362 g/mol. The van der Waals surface area contributed by atoms with Crippen molar-refractivity contribution in [3.63, 3.8) is 0 Å². The van der Waals surface area contributed by atoms with Crippen LogP contribution < -0.4 is 10.5 Å². The number of ether oxygens (including phenoxy) is 1. The van der Waals surface area contributed by atoms with Gasteiger partial charge in [-0.05, 0) is 43.7 Å². The predicted octanol–water partition coefficient (Wildman–Crippen LogP) is 1.75. The standard InChI is InChI=1S/C17H18N2O5S/c1-11-3-7-14(8-4-11)19-25(22,23)15-9-13(6-5-12(15)2)17(21)24-10-16(18)20/h3-9,19H,10H2,1-2H3,(H2,18,20). The molecule has 0 fully saturated rings. The van der Waals surface area contributed by atoms with Gasteiger partial charge < -0.3 is 10.5 Å². The summed E-state index contributed by atoms with van der Waals surface area (Å²) in [4.78, 5) is 22.5. The van der Waals surface area contributed by atoms with E-state index >= 15 is 0 Å². The number of primary amides is 1. The van der Waals surface area contributed by atoms with Crippen LogP contribution in [0.3, 0.4) is 0 Å². The van der Waals surface area contributed by atoms with Crippen LogP contribution in [-0.4, -0.2) is 26.9 Å². The van der Waals surface area contributed by atoms with Crippen LogP contribution in [0.25, 0.3) is 0 Å². The van der Waals surface area contributed by atoms with E-state index in [9.17, 15) is 18.0 Å². The lowest BCUT2D eigenvalue weighted by molar-refractivity contribution is -0.121. The Morgan fingerprint density at radius 3 is 2.32 bits per heavy atom. The number of nitrogens with one attached hydrogen (secondary N) is 1. The van der Waals surface area contributed by atoms with Gasteiger partial charge in [0.2, 0.25) is 0 Å². The first-order valence-electron chi connectivity index (χ1n) is 7.34. The molecule has 2 aromatic carbocycles. The fourth-order valence-corrected chi connectivity index (χ4v) is 3.40. The van der Waals surface area contributed by atoms with Gasteiger partial charge in [0.05, 0.1) is 10.5 Å². The Balaban J connectivity index is 2.30. The molecule has 0 heterocycles.